The summed E-state index contributed by atoms with van der Waals surface area (Å²) in [4.78, 5) is 29.8. The first kappa shape index (κ1) is 14.6. The van der Waals surface area contributed by atoms with Gasteiger partial charge in [-0.2, -0.15) is 4.98 Å². The lowest BCUT2D eigenvalue weighted by Gasteiger charge is -2.16. The Hall–Kier alpha value is -1.79. The van der Waals surface area contributed by atoms with E-state index in [0.717, 1.165) is 4.57 Å². The van der Waals surface area contributed by atoms with Crippen molar-refractivity contribution >= 4 is 29.2 Å². The van der Waals surface area contributed by atoms with Gasteiger partial charge in [-0.25, -0.2) is 14.2 Å². The molecule has 0 aliphatic carbocycles. The zero-order chi connectivity index (χ0) is 15.0. The summed E-state index contributed by atoms with van der Waals surface area (Å²) in [5.41, 5.74) is -0.856. The van der Waals surface area contributed by atoms with E-state index < -0.39 is 11.4 Å². The molecule has 1 aromatic carbocycles. The van der Waals surface area contributed by atoms with Crippen molar-refractivity contribution in [2.24, 2.45) is 7.05 Å². The van der Waals surface area contributed by atoms with E-state index in [1.807, 2.05) is 0 Å². The summed E-state index contributed by atoms with van der Waals surface area (Å²) >= 11 is 11.7. The van der Waals surface area contributed by atoms with Crippen molar-refractivity contribution in [2.75, 3.05) is 19.0 Å². The van der Waals surface area contributed by atoms with Crippen LogP contribution >= 0.6 is 23.2 Å². The monoisotopic (exact) mass is 314 g/mol. The highest BCUT2D eigenvalue weighted by Gasteiger charge is 2.13. The second-order valence-electron chi connectivity index (χ2n) is 4.36. The van der Waals surface area contributed by atoms with Gasteiger partial charge in [0.05, 0.1) is 15.7 Å². The zero-order valence-corrected chi connectivity index (χ0v) is 12.6. The Morgan fingerprint density at radius 2 is 1.80 bits per heavy atom. The Morgan fingerprint density at radius 3 is 2.35 bits per heavy atom. The molecule has 0 fully saturated rings. The second-order valence-corrected chi connectivity index (χ2v) is 5.18. The molecule has 8 heteroatoms. The highest BCUT2D eigenvalue weighted by Crippen LogP contribution is 2.23. The lowest BCUT2D eigenvalue weighted by molar-refractivity contribution is 0.683. The fourth-order valence-corrected chi connectivity index (χ4v) is 2.07. The van der Waals surface area contributed by atoms with E-state index >= 15 is 0 Å². The van der Waals surface area contributed by atoms with E-state index in [4.69, 9.17) is 23.2 Å². The number of aromatic nitrogens is 3. The predicted octanol–water partition coefficient (Wildman–Crippen LogP) is 1.30. The van der Waals surface area contributed by atoms with Crippen LogP contribution < -0.4 is 16.3 Å². The van der Waals surface area contributed by atoms with Gasteiger partial charge in [0, 0.05) is 21.1 Å². The number of anilines is 1. The summed E-state index contributed by atoms with van der Waals surface area (Å²) in [7, 11) is 4.94. The maximum absolute atomic E-state index is 12.3. The van der Waals surface area contributed by atoms with Crippen molar-refractivity contribution in [1.29, 1.82) is 0 Å². The topological polar surface area (TPSA) is 60.1 Å². The number of nitrogens with zero attached hydrogens (tertiary/aromatic N) is 4. The van der Waals surface area contributed by atoms with Gasteiger partial charge in [-0.1, -0.05) is 23.2 Å². The van der Waals surface area contributed by atoms with Gasteiger partial charge >= 0.3 is 11.4 Å². The Morgan fingerprint density at radius 1 is 1.15 bits per heavy atom. The SMILES string of the molecule is CN(C)c1nc(=O)n(-c2ccc(Cl)c(Cl)c2)c(=O)n1C. The lowest BCUT2D eigenvalue weighted by atomic mass is 10.3. The molecule has 0 N–H and O–H groups in total. The molecule has 106 valence electrons. The Labute approximate surface area is 124 Å². The first-order chi connectivity index (χ1) is 9.32. The molecule has 2 aromatic rings. The Balaban J connectivity index is 2.76. The third-order valence-electron chi connectivity index (χ3n) is 2.73. The molecule has 2 rings (SSSR count). The zero-order valence-electron chi connectivity index (χ0n) is 11.1. The van der Waals surface area contributed by atoms with E-state index in [1.165, 1.54) is 29.8 Å². The molecular formula is C12H12Cl2N4O2. The molecule has 0 atom stereocenters. The smallest absolute Gasteiger partial charge is 0.348 e. The Bertz CT molecular complexity index is 780. The van der Waals surface area contributed by atoms with Gasteiger partial charge in [-0.3, -0.25) is 4.57 Å². The minimum absolute atomic E-state index is 0.259. The fourth-order valence-electron chi connectivity index (χ4n) is 1.77. The first-order valence-electron chi connectivity index (χ1n) is 5.65. The molecule has 0 bridgehead atoms. The third-order valence-corrected chi connectivity index (χ3v) is 3.47. The second kappa shape index (κ2) is 5.30. The highest BCUT2D eigenvalue weighted by molar-refractivity contribution is 6.42. The van der Waals surface area contributed by atoms with E-state index in [-0.39, 0.29) is 11.0 Å². The predicted molar refractivity (Wildman–Crippen MR) is 79.4 cm³/mol. The van der Waals surface area contributed by atoms with Gasteiger partial charge in [0.15, 0.2) is 0 Å². The average Bonchev–Trinajstić information content (AvgIpc) is 2.38. The molecule has 0 saturated carbocycles. The largest absolute Gasteiger partial charge is 0.359 e. The van der Waals surface area contributed by atoms with Crippen LogP contribution in [0.4, 0.5) is 5.95 Å². The molecule has 0 saturated heterocycles. The standard InChI is InChI=1S/C12H12Cl2N4O2/c1-16(2)10-15-11(19)18(12(20)17(10)3)7-4-5-8(13)9(14)6-7/h4-6H,1-3H3. The molecular weight excluding hydrogens is 303 g/mol. The summed E-state index contributed by atoms with van der Waals surface area (Å²) in [5, 5.41) is 0.605. The first-order valence-corrected chi connectivity index (χ1v) is 6.41. The normalized spacial score (nSPS) is 10.7. The van der Waals surface area contributed by atoms with Crippen LogP contribution in [0.2, 0.25) is 10.0 Å². The van der Waals surface area contributed by atoms with Crippen LogP contribution in [0.1, 0.15) is 0 Å². The van der Waals surface area contributed by atoms with Gasteiger partial charge in [-0.15, -0.1) is 0 Å². The average molecular weight is 315 g/mol. The van der Waals surface area contributed by atoms with Crippen molar-refractivity contribution in [1.82, 2.24) is 14.1 Å². The summed E-state index contributed by atoms with van der Waals surface area (Å²) in [6.45, 7) is 0. The van der Waals surface area contributed by atoms with E-state index in [1.54, 1.807) is 19.0 Å². The van der Waals surface area contributed by atoms with Gasteiger partial charge in [0.2, 0.25) is 5.95 Å². The maximum Gasteiger partial charge on any atom is 0.359 e. The summed E-state index contributed by atoms with van der Waals surface area (Å²) < 4.78 is 2.22. The minimum atomic E-state index is -0.671. The van der Waals surface area contributed by atoms with Crippen LogP contribution in [0.5, 0.6) is 0 Å². The quantitative estimate of drug-likeness (QED) is 0.838. The Kier molecular flexibility index (Phi) is 3.87. The van der Waals surface area contributed by atoms with Crippen molar-refractivity contribution in [3.05, 3.63) is 49.2 Å². The van der Waals surface area contributed by atoms with Gasteiger partial charge in [0.1, 0.15) is 0 Å². The molecule has 6 nitrogen and oxygen atoms in total. The number of hydrogen-bond donors (Lipinski definition) is 0. The fraction of sp³-hybridized carbons (Fsp3) is 0.250. The molecule has 0 aliphatic rings. The highest BCUT2D eigenvalue weighted by atomic mass is 35.5. The van der Waals surface area contributed by atoms with Gasteiger partial charge in [-0.05, 0) is 18.2 Å². The summed E-state index contributed by atoms with van der Waals surface area (Å²) in [5.74, 6) is 0.274. The summed E-state index contributed by atoms with van der Waals surface area (Å²) in [6, 6.07) is 4.50. The van der Waals surface area contributed by atoms with Crippen LogP contribution in [0.3, 0.4) is 0 Å². The van der Waals surface area contributed by atoms with Crippen molar-refractivity contribution in [2.45, 2.75) is 0 Å². The van der Waals surface area contributed by atoms with Crippen molar-refractivity contribution < 1.29 is 0 Å². The summed E-state index contributed by atoms with van der Waals surface area (Å²) in [6.07, 6.45) is 0. The molecule has 0 amide bonds. The molecule has 0 aliphatic heterocycles. The molecule has 0 spiro atoms. The van der Waals surface area contributed by atoms with Gasteiger partial charge in [0.25, 0.3) is 0 Å². The molecule has 0 unspecified atom stereocenters. The number of hydrogen-bond acceptors (Lipinski definition) is 4. The lowest BCUT2D eigenvalue weighted by Crippen LogP contribution is -2.42. The van der Waals surface area contributed by atoms with Crippen molar-refractivity contribution in [3.8, 4) is 5.69 Å². The van der Waals surface area contributed by atoms with E-state index in [0.29, 0.717) is 10.7 Å². The van der Waals surface area contributed by atoms with Crippen LogP contribution in [-0.4, -0.2) is 28.2 Å². The van der Waals surface area contributed by atoms with E-state index in [9.17, 15) is 9.59 Å². The van der Waals surface area contributed by atoms with Crippen LogP contribution in [0, 0.1) is 0 Å². The van der Waals surface area contributed by atoms with Crippen LogP contribution in [-0.2, 0) is 7.05 Å². The number of benzene rings is 1. The van der Waals surface area contributed by atoms with E-state index in [2.05, 4.69) is 4.98 Å². The number of halogens is 2. The van der Waals surface area contributed by atoms with Gasteiger partial charge < -0.3 is 4.90 Å². The minimum Gasteiger partial charge on any atom is -0.348 e. The molecule has 20 heavy (non-hydrogen) atoms. The van der Waals surface area contributed by atoms with Crippen LogP contribution in [0.25, 0.3) is 5.69 Å². The molecule has 1 heterocycles. The van der Waals surface area contributed by atoms with Crippen LogP contribution in [0.15, 0.2) is 27.8 Å². The maximum atomic E-state index is 12.3. The molecule has 0 radical (unpaired) electrons. The number of rotatable bonds is 2. The third kappa shape index (κ3) is 2.44. The van der Waals surface area contributed by atoms with Crippen molar-refractivity contribution in [3.63, 3.8) is 0 Å². The molecule has 1 aromatic heterocycles.